The van der Waals surface area contributed by atoms with Crippen LogP contribution in [0, 0.1) is 0 Å². The summed E-state index contributed by atoms with van der Waals surface area (Å²) in [5, 5.41) is 1.92. The van der Waals surface area contributed by atoms with Gasteiger partial charge in [-0.3, -0.25) is 9.36 Å². The van der Waals surface area contributed by atoms with Gasteiger partial charge in [0, 0.05) is 10.4 Å². The van der Waals surface area contributed by atoms with Crippen LogP contribution in [0.25, 0.3) is 6.08 Å². The number of allylic oxidation sites excluding steroid dienone is 1. The quantitative estimate of drug-likeness (QED) is 0.572. The summed E-state index contributed by atoms with van der Waals surface area (Å²) in [6.45, 7) is 4.23. The average Bonchev–Trinajstić information content (AvgIpc) is 3.37. The molecule has 154 valence electrons. The minimum Gasteiger partial charge on any atom is -0.493 e. The van der Waals surface area contributed by atoms with Gasteiger partial charge in [-0.25, -0.2) is 9.79 Å². The van der Waals surface area contributed by atoms with Gasteiger partial charge < -0.3 is 9.47 Å². The van der Waals surface area contributed by atoms with Gasteiger partial charge in [-0.15, -0.1) is 11.3 Å². The summed E-state index contributed by atoms with van der Waals surface area (Å²) in [6.07, 6.45) is 1.82. The molecule has 0 bridgehead atoms. The molecule has 30 heavy (non-hydrogen) atoms. The Morgan fingerprint density at radius 3 is 2.77 bits per heavy atom. The Balaban J connectivity index is 1.95. The molecule has 0 fully saturated rings. The van der Waals surface area contributed by atoms with Gasteiger partial charge in [0.15, 0.2) is 4.80 Å². The fraction of sp³-hybridized carbons (Fsp3) is 0.227. The largest absolute Gasteiger partial charge is 0.493 e. The van der Waals surface area contributed by atoms with Crippen LogP contribution in [0.3, 0.4) is 0 Å². The van der Waals surface area contributed by atoms with E-state index in [0.29, 0.717) is 33.0 Å². The number of fused-ring (bicyclic) bond motifs is 1. The minimum absolute atomic E-state index is 0.197. The maximum Gasteiger partial charge on any atom is 0.338 e. The fourth-order valence-electron chi connectivity index (χ4n) is 3.44. The molecule has 1 atom stereocenters. The second kappa shape index (κ2) is 8.41. The number of methoxy groups -OCH3 is 1. The number of hydrogen-bond acceptors (Lipinski definition) is 7. The van der Waals surface area contributed by atoms with Gasteiger partial charge in [0.25, 0.3) is 5.56 Å². The Morgan fingerprint density at radius 2 is 2.07 bits per heavy atom. The Bertz CT molecular complexity index is 1300. The molecule has 0 saturated heterocycles. The monoisotopic (exact) mass is 440 g/mol. The molecule has 6 nitrogen and oxygen atoms in total. The standard InChI is InChI=1S/C22H20N2O4S2/c1-4-28-15-9-6-5-8-14(15)12-17-20(25)24-19(16-10-7-11-29-16)18(21(26)27-3)13(2)23-22(24)30-17/h5-12,19H,4H2,1-3H3/b17-12+. The lowest BCUT2D eigenvalue weighted by Crippen LogP contribution is -2.39. The van der Waals surface area contributed by atoms with Crippen LogP contribution in [-0.2, 0) is 9.53 Å². The van der Waals surface area contributed by atoms with Gasteiger partial charge in [0.05, 0.1) is 29.5 Å². The first-order valence-corrected chi connectivity index (χ1v) is 11.1. The number of nitrogens with zero attached hydrogens (tertiary/aromatic N) is 2. The molecule has 8 heteroatoms. The molecular weight excluding hydrogens is 420 g/mol. The van der Waals surface area contributed by atoms with E-state index < -0.39 is 12.0 Å². The lowest BCUT2D eigenvalue weighted by atomic mass is 10.0. The highest BCUT2D eigenvalue weighted by Gasteiger charge is 2.33. The molecule has 4 rings (SSSR count). The predicted molar refractivity (Wildman–Crippen MR) is 118 cm³/mol. The van der Waals surface area contributed by atoms with Crippen molar-refractivity contribution in [3.63, 3.8) is 0 Å². The van der Waals surface area contributed by atoms with E-state index in [9.17, 15) is 9.59 Å². The highest BCUT2D eigenvalue weighted by Crippen LogP contribution is 2.33. The van der Waals surface area contributed by atoms with Crippen molar-refractivity contribution < 1.29 is 14.3 Å². The number of rotatable bonds is 5. The second-order valence-electron chi connectivity index (χ2n) is 6.56. The number of thiazole rings is 1. The van der Waals surface area contributed by atoms with Gasteiger partial charge in [-0.05, 0) is 37.4 Å². The van der Waals surface area contributed by atoms with E-state index in [1.165, 1.54) is 29.8 Å². The number of thiophene rings is 1. The van der Waals surface area contributed by atoms with E-state index >= 15 is 0 Å². The molecule has 3 aromatic rings. The number of para-hydroxylation sites is 1. The van der Waals surface area contributed by atoms with E-state index in [2.05, 4.69) is 4.99 Å². The summed E-state index contributed by atoms with van der Waals surface area (Å²) < 4.78 is 12.8. The third-order valence-electron chi connectivity index (χ3n) is 4.75. The molecule has 0 spiro atoms. The summed E-state index contributed by atoms with van der Waals surface area (Å²) >= 11 is 2.79. The van der Waals surface area contributed by atoms with E-state index in [4.69, 9.17) is 9.47 Å². The van der Waals surface area contributed by atoms with Crippen molar-refractivity contribution in [1.29, 1.82) is 0 Å². The summed E-state index contributed by atoms with van der Waals surface area (Å²) in [4.78, 5) is 32.0. The molecule has 1 aromatic carbocycles. The number of carbonyl (C=O) groups excluding carboxylic acids is 1. The lowest BCUT2D eigenvalue weighted by Gasteiger charge is -2.22. The Morgan fingerprint density at radius 1 is 1.27 bits per heavy atom. The summed E-state index contributed by atoms with van der Waals surface area (Å²) in [6, 6.07) is 10.8. The minimum atomic E-state index is -0.557. The number of aromatic nitrogens is 1. The molecule has 0 radical (unpaired) electrons. The van der Waals surface area contributed by atoms with Gasteiger partial charge in [-0.1, -0.05) is 35.6 Å². The molecule has 0 amide bonds. The number of carbonyl (C=O) groups is 1. The summed E-state index contributed by atoms with van der Waals surface area (Å²) in [7, 11) is 1.34. The lowest BCUT2D eigenvalue weighted by molar-refractivity contribution is -0.136. The molecule has 1 unspecified atom stereocenters. The summed E-state index contributed by atoms with van der Waals surface area (Å²) in [5.74, 6) is 0.234. The van der Waals surface area contributed by atoms with Crippen molar-refractivity contribution in [2.24, 2.45) is 4.99 Å². The van der Waals surface area contributed by atoms with Crippen molar-refractivity contribution in [1.82, 2.24) is 4.57 Å². The third kappa shape index (κ3) is 3.53. The number of hydrogen-bond donors (Lipinski definition) is 0. The maximum absolute atomic E-state index is 13.4. The van der Waals surface area contributed by atoms with Gasteiger partial charge >= 0.3 is 5.97 Å². The fourth-order valence-corrected chi connectivity index (χ4v) is 5.30. The van der Waals surface area contributed by atoms with Crippen LogP contribution in [0.1, 0.15) is 30.3 Å². The van der Waals surface area contributed by atoms with Crippen LogP contribution >= 0.6 is 22.7 Å². The zero-order valence-corrected chi connectivity index (χ0v) is 18.4. The van der Waals surface area contributed by atoms with Crippen molar-refractivity contribution in [3.05, 3.63) is 83.2 Å². The number of ether oxygens (including phenoxy) is 2. The number of benzene rings is 1. The van der Waals surface area contributed by atoms with E-state index in [0.717, 1.165) is 10.4 Å². The SMILES string of the molecule is CCOc1ccccc1/C=c1/sc2n(c1=O)C(c1cccs1)C(C(=O)OC)=C(C)N=2. The Hall–Kier alpha value is -2.97. The third-order valence-corrected chi connectivity index (χ3v) is 6.65. The smallest absolute Gasteiger partial charge is 0.338 e. The van der Waals surface area contributed by atoms with Crippen molar-refractivity contribution in [2.45, 2.75) is 19.9 Å². The molecule has 2 aromatic heterocycles. The van der Waals surface area contributed by atoms with Crippen molar-refractivity contribution >= 4 is 34.7 Å². The van der Waals surface area contributed by atoms with E-state index in [1.807, 2.05) is 54.8 Å². The average molecular weight is 441 g/mol. The normalized spacial score (nSPS) is 16.2. The van der Waals surface area contributed by atoms with E-state index in [1.54, 1.807) is 11.5 Å². The zero-order valence-electron chi connectivity index (χ0n) is 16.7. The van der Waals surface area contributed by atoms with Crippen molar-refractivity contribution in [3.8, 4) is 5.75 Å². The van der Waals surface area contributed by atoms with Crippen LogP contribution < -0.4 is 19.6 Å². The molecule has 0 saturated carbocycles. The van der Waals surface area contributed by atoms with E-state index in [-0.39, 0.29) is 5.56 Å². The Kier molecular flexibility index (Phi) is 5.69. The molecular formula is C22H20N2O4S2. The maximum atomic E-state index is 13.4. The topological polar surface area (TPSA) is 69.9 Å². The van der Waals surface area contributed by atoms with Gasteiger partial charge in [-0.2, -0.15) is 0 Å². The highest BCUT2D eigenvalue weighted by atomic mass is 32.1. The van der Waals surface area contributed by atoms with Crippen LogP contribution in [0.5, 0.6) is 5.75 Å². The first-order valence-electron chi connectivity index (χ1n) is 9.41. The summed E-state index contributed by atoms with van der Waals surface area (Å²) in [5.41, 5.74) is 1.56. The van der Waals surface area contributed by atoms with Gasteiger partial charge in [0.2, 0.25) is 0 Å². The van der Waals surface area contributed by atoms with Gasteiger partial charge in [0.1, 0.15) is 11.8 Å². The molecule has 0 N–H and O–H groups in total. The van der Waals surface area contributed by atoms with Crippen LogP contribution in [0.4, 0.5) is 0 Å². The molecule has 1 aliphatic rings. The van der Waals surface area contributed by atoms with Crippen LogP contribution in [0.15, 0.2) is 62.8 Å². The number of esters is 1. The highest BCUT2D eigenvalue weighted by molar-refractivity contribution is 7.10. The first kappa shape index (κ1) is 20.3. The predicted octanol–water partition coefficient (Wildman–Crippen LogP) is 2.87. The van der Waals surface area contributed by atoms with Crippen LogP contribution in [0.2, 0.25) is 0 Å². The van der Waals surface area contributed by atoms with Crippen molar-refractivity contribution in [2.75, 3.05) is 13.7 Å². The zero-order chi connectivity index (χ0) is 21.3. The first-order chi connectivity index (χ1) is 14.5. The molecule has 0 aliphatic carbocycles. The Labute approximate surface area is 181 Å². The van der Waals surface area contributed by atoms with Crippen LogP contribution in [-0.4, -0.2) is 24.3 Å². The molecule has 3 heterocycles. The second-order valence-corrected chi connectivity index (χ2v) is 8.55. The molecule has 1 aliphatic heterocycles.